The molecule has 1 amide bonds. The summed E-state index contributed by atoms with van der Waals surface area (Å²) in [5, 5.41) is 12.2. The van der Waals surface area contributed by atoms with Crippen molar-refractivity contribution in [3.05, 3.63) is 35.9 Å². The molecule has 0 radical (unpaired) electrons. The lowest BCUT2D eigenvalue weighted by atomic mass is 10.1. The highest BCUT2D eigenvalue weighted by molar-refractivity contribution is 5.84. The summed E-state index contributed by atoms with van der Waals surface area (Å²) in [6.45, 7) is 2.24. The molecule has 4 nitrogen and oxygen atoms in total. The molecule has 0 aliphatic rings. The maximum absolute atomic E-state index is 11.5. The van der Waals surface area contributed by atoms with Crippen LogP contribution in [-0.2, 0) is 11.3 Å². The molecule has 4 heteroatoms. The van der Waals surface area contributed by atoms with Crippen molar-refractivity contribution in [1.82, 2.24) is 5.32 Å². The molecule has 16 heavy (non-hydrogen) atoms. The lowest BCUT2D eigenvalue weighted by Gasteiger charge is -2.21. The van der Waals surface area contributed by atoms with Crippen molar-refractivity contribution in [3.63, 3.8) is 0 Å². The highest BCUT2D eigenvalue weighted by atomic mass is 16.3. The van der Waals surface area contributed by atoms with E-state index in [-0.39, 0.29) is 6.42 Å². The van der Waals surface area contributed by atoms with Crippen molar-refractivity contribution in [2.24, 2.45) is 5.73 Å². The Balaban J connectivity index is 2.47. The Kier molecular flexibility index (Phi) is 4.46. The monoisotopic (exact) mass is 222 g/mol. The molecule has 0 aliphatic carbocycles. The number of carbonyl (C=O) groups excluding carboxylic acids is 1. The highest BCUT2D eigenvalue weighted by Crippen LogP contribution is 2.06. The van der Waals surface area contributed by atoms with Crippen LogP contribution < -0.4 is 11.1 Å². The van der Waals surface area contributed by atoms with Gasteiger partial charge in [0.1, 0.15) is 0 Å². The lowest BCUT2D eigenvalue weighted by molar-refractivity contribution is -0.140. The van der Waals surface area contributed by atoms with Crippen LogP contribution in [0.15, 0.2) is 30.3 Å². The zero-order valence-corrected chi connectivity index (χ0v) is 9.44. The molecule has 1 aromatic rings. The second-order valence-electron chi connectivity index (χ2n) is 3.84. The van der Waals surface area contributed by atoms with Gasteiger partial charge in [-0.1, -0.05) is 43.7 Å². The first kappa shape index (κ1) is 12.7. The summed E-state index contributed by atoms with van der Waals surface area (Å²) in [4.78, 5) is 11.5. The van der Waals surface area contributed by atoms with Gasteiger partial charge in [-0.05, 0) is 12.0 Å². The number of rotatable bonds is 5. The van der Waals surface area contributed by atoms with Gasteiger partial charge < -0.3 is 10.4 Å². The van der Waals surface area contributed by atoms with E-state index in [1.807, 2.05) is 37.3 Å². The summed E-state index contributed by atoms with van der Waals surface area (Å²) in [6, 6.07) is 9.48. The van der Waals surface area contributed by atoms with E-state index in [4.69, 9.17) is 5.73 Å². The zero-order valence-electron chi connectivity index (χ0n) is 9.44. The maximum atomic E-state index is 11.5. The van der Waals surface area contributed by atoms with Gasteiger partial charge in [0, 0.05) is 6.54 Å². The molecule has 0 aromatic heterocycles. The Morgan fingerprint density at radius 1 is 1.44 bits per heavy atom. The van der Waals surface area contributed by atoms with Gasteiger partial charge in [0.25, 0.3) is 5.91 Å². The molecule has 0 saturated heterocycles. The molecular weight excluding hydrogens is 204 g/mol. The molecule has 0 fully saturated rings. The minimum Gasteiger partial charge on any atom is -0.368 e. The number of hydrogen-bond acceptors (Lipinski definition) is 3. The molecule has 4 N–H and O–H groups in total. The van der Waals surface area contributed by atoms with E-state index in [1.165, 1.54) is 0 Å². The Labute approximate surface area is 95.5 Å². The van der Waals surface area contributed by atoms with Gasteiger partial charge >= 0.3 is 0 Å². The third-order valence-corrected chi connectivity index (χ3v) is 2.32. The third-order valence-electron chi connectivity index (χ3n) is 2.32. The molecule has 0 aliphatic heterocycles. The first-order valence-corrected chi connectivity index (χ1v) is 5.39. The van der Waals surface area contributed by atoms with Crippen LogP contribution in [0.3, 0.4) is 0 Å². The van der Waals surface area contributed by atoms with Gasteiger partial charge in [-0.2, -0.15) is 0 Å². The maximum Gasteiger partial charge on any atom is 0.267 e. The average molecular weight is 222 g/mol. The largest absolute Gasteiger partial charge is 0.368 e. The van der Waals surface area contributed by atoms with Crippen molar-refractivity contribution in [2.75, 3.05) is 0 Å². The SMILES string of the molecule is CCC[C@](N)(O)C(=O)NCc1ccccc1. The fourth-order valence-corrected chi connectivity index (χ4v) is 1.43. The summed E-state index contributed by atoms with van der Waals surface area (Å²) >= 11 is 0. The van der Waals surface area contributed by atoms with Gasteiger partial charge in [-0.3, -0.25) is 10.5 Å². The van der Waals surface area contributed by atoms with E-state index in [9.17, 15) is 9.90 Å². The molecule has 88 valence electrons. The molecule has 0 spiro atoms. The Hall–Kier alpha value is -1.39. The number of hydrogen-bond donors (Lipinski definition) is 3. The number of amides is 1. The van der Waals surface area contributed by atoms with Gasteiger partial charge in [0.15, 0.2) is 5.72 Å². The molecule has 1 atom stereocenters. The molecule has 1 rings (SSSR count). The van der Waals surface area contributed by atoms with Crippen molar-refractivity contribution >= 4 is 5.91 Å². The van der Waals surface area contributed by atoms with Crippen molar-refractivity contribution in [1.29, 1.82) is 0 Å². The van der Waals surface area contributed by atoms with Crippen LogP contribution in [0.4, 0.5) is 0 Å². The van der Waals surface area contributed by atoms with Gasteiger partial charge in [0.05, 0.1) is 0 Å². The second-order valence-corrected chi connectivity index (χ2v) is 3.84. The summed E-state index contributed by atoms with van der Waals surface area (Å²) in [5.41, 5.74) is 4.69. The normalized spacial score (nSPS) is 14.2. The first-order chi connectivity index (χ1) is 7.56. The van der Waals surface area contributed by atoms with Crippen LogP contribution in [0, 0.1) is 0 Å². The second kappa shape index (κ2) is 5.63. The molecule has 1 aromatic carbocycles. The molecule has 0 saturated carbocycles. The van der Waals surface area contributed by atoms with E-state index in [0.29, 0.717) is 13.0 Å². The quantitative estimate of drug-likeness (QED) is 0.643. The standard InChI is InChI=1S/C12H18N2O2/c1-2-8-12(13,16)11(15)14-9-10-6-4-3-5-7-10/h3-7,16H,2,8-9,13H2,1H3,(H,14,15)/t12-/m0/s1. The lowest BCUT2D eigenvalue weighted by Crippen LogP contribution is -2.53. The number of nitrogens with two attached hydrogens (primary N) is 1. The van der Waals surface area contributed by atoms with E-state index < -0.39 is 11.6 Å². The van der Waals surface area contributed by atoms with E-state index in [2.05, 4.69) is 5.32 Å². The number of carbonyl (C=O) groups is 1. The smallest absolute Gasteiger partial charge is 0.267 e. The Morgan fingerprint density at radius 2 is 2.06 bits per heavy atom. The van der Waals surface area contributed by atoms with Crippen molar-refractivity contribution < 1.29 is 9.90 Å². The average Bonchev–Trinajstić information content (AvgIpc) is 2.27. The predicted molar refractivity (Wildman–Crippen MR) is 62.3 cm³/mol. The predicted octanol–water partition coefficient (Wildman–Crippen LogP) is 0.750. The van der Waals surface area contributed by atoms with Gasteiger partial charge in [-0.15, -0.1) is 0 Å². The van der Waals surface area contributed by atoms with Gasteiger partial charge in [0.2, 0.25) is 0 Å². The summed E-state index contributed by atoms with van der Waals surface area (Å²) in [5.74, 6) is -0.529. The van der Waals surface area contributed by atoms with Crippen LogP contribution in [0.1, 0.15) is 25.3 Å². The van der Waals surface area contributed by atoms with Crippen LogP contribution in [0.25, 0.3) is 0 Å². The third kappa shape index (κ3) is 3.64. The van der Waals surface area contributed by atoms with Crippen LogP contribution >= 0.6 is 0 Å². The van der Waals surface area contributed by atoms with Crippen LogP contribution in [0.2, 0.25) is 0 Å². The Morgan fingerprint density at radius 3 is 2.62 bits per heavy atom. The summed E-state index contributed by atoms with van der Waals surface area (Å²) in [6.07, 6.45) is 0.916. The fourth-order valence-electron chi connectivity index (χ4n) is 1.43. The molecule has 0 bridgehead atoms. The van der Waals surface area contributed by atoms with Crippen LogP contribution in [0.5, 0.6) is 0 Å². The minimum absolute atomic E-state index is 0.258. The van der Waals surface area contributed by atoms with Crippen molar-refractivity contribution in [3.8, 4) is 0 Å². The summed E-state index contributed by atoms with van der Waals surface area (Å²) in [7, 11) is 0. The Bertz CT molecular complexity index is 336. The minimum atomic E-state index is -1.76. The highest BCUT2D eigenvalue weighted by Gasteiger charge is 2.29. The van der Waals surface area contributed by atoms with E-state index in [1.54, 1.807) is 0 Å². The van der Waals surface area contributed by atoms with Crippen LogP contribution in [-0.4, -0.2) is 16.7 Å². The van der Waals surface area contributed by atoms with Gasteiger partial charge in [-0.25, -0.2) is 0 Å². The summed E-state index contributed by atoms with van der Waals surface area (Å²) < 4.78 is 0. The topological polar surface area (TPSA) is 75.3 Å². The number of benzene rings is 1. The van der Waals surface area contributed by atoms with E-state index >= 15 is 0 Å². The molecule has 0 unspecified atom stereocenters. The van der Waals surface area contributed by atoms with E-state index in [0.717, 1.165) is 5.56 Å². The number of aliphatic hydroxyl groups is 1. The van der Waals surface area contributed by atoms with Crippen molar-refractivity contribution in [2.45, 2.75) is 32.0 Å². The first-order valence-electron chi connectivity index (χ1n) is 5.39. The molecule has 0 heterocycles. The zero-order chi connectivity index (χ0) is 12.0. The fraction of sp³-hybridized carbons (Fsp3) is 0.417. The molecular formula is C12H18N2O2. The number of nitrogens with one attached hydrogen (secondary N) is 1.